The molecule has 0 unspecified atom stereocenters. The quantitative estimate of drug-likeness (QED) is 0.927. The Morgan fingerprint density at radius 3 is 2.89 bits per heavy atom. The van der Waals surface area contributed by atoms with Gasteiger partial charge in [-0.2, -0.15) is 0 Å². The molecule has 1 fully saturated rings. The number of halogens is 3. The van der Waals surface area contributed by atoms with Crippen molar-refractivity contribution in [2.24, 2.45) is 0 Å². The van der Waals surface area contributed by atoms with Crippen LogP contribution in [-0.4, -0.2) is 36.4 Å². The first-order valence-electron chi connectivity index (χ1n) is 6.02. The summed E-state index contributed by atoms with van der Waals surface area (Å²) >= 11 is 5.94. The molecule has 0 spiro atoms. The van der Waals surface area contributed by atoms with Gasteiger partial charge in [-0.25, -0.2) is 8.78 Å². The van der Waals surface area contributed by atoms with Crippen LogP contribution in [0.25, 0.3) is 0 Å². The van der Waals surface area contributed by atoms with E-state index in [2.05, 4.69) is 5.32 Å². The Labute approximate surface area is 115 Å². The molecule has 1 aromatic rings. The van der Waals surface area contributed by atoms with Gasteiger partial charge in [0.2, 0.25) is 5.91 Å². The van der Waals surface area contributed by atoms with Crippen LogP contribution in [0.15, 0.2) is 18.2 Å². The van der Waals surface area contributed by atoms with Gasteiger partial charge in [-0.05, 0) is 24.6 Å². The lowest BCUT2D eigenvalue weighted by molar-refractivity contribution is -0.117. The van der Waals surface area contributed by atoms with Crippen LogP contribution in [-0.2, 0) is 4.79 Å². The van der Waals surface area contributed by atoms with Gasteiger partial charge in [0.1, 0.15) is 0 Å². The van der Waals surface area contributed by atoms with E-state index in [9.17, 15) is 13.6 Å². The third-order valence-corrected chi connectivity index (χ3v) is 3.57. The van der Waals surface area contributed by atoms with Gasteiger partial charge in [-0.1, -0.05) is 17.7 Å². The van der Waals surface area contributed by atoms with Crippen molar-refractivity contribution < 1.29 is 13.6 Å². The highest BCUT2D eigenvalue weighted by molar-refractivity contribution is 6.31. The predicted octanol–water partition coefficient (Wildman–Crippen LogP) is 2.93. The molecule has 1 N–H and O–H groups in total. The Bertz CT molecular complexity index is 494. The zero-order valence-corrected chi connectivity index (χ0v) is 11.3. The number of rotatable bonds is 3. The molecule has 0 saturated carbocycles. The van der Waals surface area contributed by atoms with Gasteiger partial charge in [0, 0.05) is 23.7 Å². The Morgan fingerprint density at radius 2 is 2.26 bits per heavy atom. The summed E-state index contributed by atoms with van der Waals surface area (Å²) in [6, 6.07) is 5.19. The normalized spacial score (nSPS) is 18.5. The van der Waals surface area contributed by atoms with Crippen molar-refractivity contribution >= 4 is 23.2 Å². The SMILES string of the molecule is Cc1c(Cl)cccc1NC(=O)CN1CCC(F)(F)C1. The van der Waals surface area contributed by atoms with Crippen LogP contribution in [0.4, 0.5) is 14.5 Å². The molecule has 1 aromatic carbocycles. The smallest absolute Gasteiger partial charge is 0.261 e. The molecule has 0 radical (unpaired) electrons. The lowest BCUT2D eigenvalue weighted by Gasteiger charge is -2.16. The van der Waals surface area contributed by atoms with Gasteiger partial charge in [0.05, 0.1) is 13.1 Å². The third kappa shape index (κ3) is 3.64. The molecule has 19 heavy (non-hydrogen) atoms. The number of nitrogens with one attached hydrogen (secondary N) is 1. The molecule has 0 atom stereocenters. The van der Waals surface area contributed by atoms with Crippen LogP contribution in [0, 0.1) is 6.92 Å². The summed E-state index contributed by atoms with van der Waals surface area (Å²) in [6.07, 6.45) is -0.184. The standard InChI is InChI=1S/C13H15ClF2N2O/c1-9-10(14)3-2-4-11(9)17-12(19)7-18-6-5-13(15,16)8-18/h2-4H,5-8H2,1H3,(H,17,19). The minimum absolute atomic E-state index is 0.0262. The molecule has 2 rings (SSSR count). The molecule has 104 valence electrons. The summed E-state index contributed by atoms with van der Waals surface area (Å²) in [5, 5.41) is 3.26. The van der Waals surface area contributed by atoms with E-state index in [1.54, 1.807) is 25.1 Å². The van der Waals surface area contributed by atoms with E-state index < -0.39 is 5.92 Å². The fourth-order valence-corrected chi connectivity index (χ4v) is 2.25. The third-order valence-electron chi connectivity index (χ3n) is 3.16. The first-order chi connectivity index (χ1) is 8.87. The van der Waals surface area contributed by atoms with Crippen molar-refractivity contribution in [3.05, 3.63) is 28.8 Å². The number of carbonyl (C=O) groups excluding carboxylic acids is 1. The van der Waals surface area contributed by atoms with E-state index in [0.29, 0.717) is 10.7 Å². The van der Waals surface area contributed by atoms with E-state index in [4.69, 9.17) is 11.6 Å². The molecule has 0 aliphatic carbocycles. The van der Waals surface area contributed by atoms with Gasteiger partial charge in [-0.3, -0.25) is 9.69 Å². The molecule has 0 aromatic heterocycles. The molecular weight excluding hydrogens is 274 g/mol. The molecular formula is C13H15ClF2N2O. The summed E-state index contributed by atoms with van der Waals surface area (Å²) in [5.74, 6) is -2.98. The van der Waals surface area contributed by atoms with Crippen molar-refractivity contribution in [2.75, 3.05) is 25.0 Å². The highest BCUT2D eigenvalue weighted by atomic mass is 35.5. The largest absolute Gasteiger partial charge is 0.325 e. The number of hydrogen-bond donors (Lipinski definition) is 1. The second-order valence-corrected chi connectivity index (χ2v) is 5.18. The Balaban J connectivity index is 1.93. The van der Waals surface area contributed by atoms with Crippen LogP contribution in [0.2, 0.25) is 5.02 Å². The van der Waals surface area contributed by atoms with Gasteiger partial charge in [-0.15, -0.1) is 0 Å². The Hall–Kier alpha value is -1.20. The van der Waals surface area contributed by atoms with Crippen LogP contribution in [0.1, 0.15) is 12.0 Å². The number of anilines is 1. The van der Waals surface area contributed by atoms with Crippen molar-refractivity contribution in [2.45, 2.75) is 19.3 Å². The van der Waals surface area contributed by atoms with Gasteiger partial charge < -0.3 is 5.32 Å². The average Bonchev–Trinajstić information content (AvgIpc) is 2.64. The molecule has 0 bridgehead atoms. The van der Waals surface area contributed by atoms with Gasteiger partial charge in [0.15, 0.2) is 0 Å². The summed E-state index contributed by atoms with van der Waals surface area (Å²) < 4.78 is 26.0. The Kier molecular flexibility index (Phi) is 4.06. The van der Waals surface area contributed by atoms with E-state index in [-0.39, 0.29) is 32.0 Å². The molecule has 3 nitrogen and oxygen atoms in total. The zero-order valence-electron chi connectivity index (χ0n) is 10.5. The highest BCUT2D eigenvalue weighted by Gasteiger charge is 2.38. The average molecular weight is 289 g/mol. The first-order valence-corrected chi connectivity index (χ1v) is 6.40. The topological polar surface area (TPSA) is 32.3 Å². The molecule has 1 aliphatic heterocycles. The number of alkyl halides is 2. The van der Waals surface area contributed by atoms with Crippen molar-refractivity contribution in [3.8, 4) is 0 Å². The minimum Gasteiger partial charge on any atom is -0.325 e. The van der Waals surface area contributed by atoms with E-state index in [1.165, 1.54) is 4.90 Å². The van der Waals surface area contributed by atoms with E-state index in [0.717, 1.165) is 5.56 Å². The van der Waals surface area contributed by atoms with Gasteiger partial charge in [0.25, 0.3) is 5.92 Å². The molecule has 1 heterocycles. The molecule has 6 heteroatoms. The minimum atomic E-state index is -2.67. The van der Waals surface area contributed by atoms with Crippen LogP contribution in [0.3, 0.4) is 0 Å². The monoisotopic (exact) mass is 288 g/mol. The fraction of sp³-hybridized carbons (Fsp3) is 0.462. The predicted molar refractivity (Wildman–Crippen MR) is 70.8 cm³/mol. The lowest BCUT2D eigenvalue weighted by atomic mass is 10.2. The van der Waals surface area contributed by atoms with E-state index >= 15 is 0 Å². The zero-order chi connectivity index (χ0) is 14.0. The number of benzene rings is 1. The number of carbonyl (C=O) groups is 1. The maximum absolute atomic E-state index is 13.0. The maximum Gasteiger partial charge on any atom is 0.261 e. The number of hydrogen-bond acceptors (Lipinski definition) is 2. The number of likely N-dealkylation sites (tertiary alicyclic amines) is 1. The Morgan fingerprint density at radius 1 is 1.53 bits per heavy atom. The van der Waals surface area contributed by atoms with Crippen molar-refractivity contribution in [3.63, 3.8) is 0 Å². The second kappa shape index (κ2) is 5.43. The van der Waals surface area contributed by atoms with Gasteiger partial charge >= 0.3 is 0 Å². The number of amides is 1. The van der Waals surface area contributed by atoms with Crippen LogP contribution in [0.5, 0.6) is 0 Å². The van der Waals surface area contributed by atoms with Crippen LogP contribution >= 0.6 is 11.6 Å². The molecule has 1 aliphatic rings. The van der Waals surface area contributed by atoms with Crippen molar-refractivity contribution in [1.82, 2.24) is 4.90 Å². The summed E-state index contributed by atoms with van der Waals surface area (Å²) in [5.41, 5.74) is 1.38. The molecule has 1 amide bonds. The second-order valence-electron chi connectivity index (χ2n) is 4.78. The van der Waals surface area contributed by atoms with E-state index in [1.807, 2.05) is 0 Å². The highest BCUT2D eigenvalue weighted by Crippen LogP contribution is 2.27. The maximum atomic E-state index is 13.0. The summed E-state index contributed by atoms with van der Waals surface area (Å²) in [4.78, 5) is 13.3. The molecule has 1 saturated heterocycles. The summed E-state index contributed by atoms with van der Waals surface area (Å²) in [6.45, 7) is 1.66. The fourth-order valence-electron chi connectivity index (χ4n) is 2.08. The summed E-state index contributed by atoms with van der Waals surface area (Å²) in [7, 11) is 0. The van der Waals surface area contributed by atoms with Crippen LogP contribution < -0.4 is 5.32 Å². The lowest BCUT2D eigenvalue weighted by Crippen LogP contribution is -2.33. The number of nitrogens with zero attached hydrogens (tertiary/aromatic N) is 1. The van der Waals surface area contributed by atoms with Crippen molar-refractivity contribution in [1.29, 1.82) is 0 Å². The first kappa shape index (κ1) is 14.2.